The van der Waals surface area contributed by atoms with E-state index in [-0.39, 0.29) is 23.0 Å². The summed E-state index contributed by atoms with van der Waals surface area (Å²) in [5, 5.41) is 15.9. The minimum absolute atomic E-state index is 0.0416. The molecular formula is C11H10ClFN2O3. The lowest BCUT2D eigenvalue weighted by atomic mass is 10.3. The first-order valence-corrected chi connectivity index (χ1v) is 5.34. The van der Waals surface area contributed by atoms with Crippen molar-refractivity contribution in [3.05, 3.63) is 41.0 Å². The van der Waals surface area contributed by atoms with E-state index in [1.54, 1.807) is 6.92 Å². The molecular weight excluding hydrogens is 263 g/mol. The fourth-order valence-electron chi connectivity index (χ4n) is 0.994. The van der Waals surface area contributed by atoms with E-state index < -0.39 is 11.8 Å². The van der Waals surface area contributed by atoms with Crippen molar-refractivity contribution < 1.29 is 19.0 Å². The van der Waals surface area contributed by atoms with Crippen molar-refractivity contribution in [3.63, 3.8) is 0 Å². The van der Waals surface area contributed by atoms with Gasteiger partial charge in [0.15, 0.2) is 0 Å². The molecule has 0 unspecified atom stereocenters. The molecule has 0 heterocycles. The molecule has 1 rings (SSSR count). The van der Waals surface area contributed by atoms with Crippen molar-refractivity contribution in [2.24, 2.45) is 10.2 Å². The van der Waals surface area contributed by atoms with Gasteiger partial charge in [-0.05, 0) is 25.1 Å². The first kappa shape index (κ1) is 14.1. The highest BCUT2D eigenvalue weighted by atomic mass is 35.5. The molecule has 0 saturated heterocycles. The standard InChI is InChI=1S/C11H10ClFN2O3/c1-2-18-11(17)10(6-16)15-14-9-4-3-7(13)5-8(9)12/h3-6,16H,2H2,1H3/b10-6+,15-14?. The van der Waals surface area contributed by atoms with Gasteiger partial charge in [0.25, 0.3) is 0 Å². The Morgan fingerprint density at radius 3 is 2.89 bits per heavy atom. The SMILES string of the molecule is CCOC(=O)/C(=C\O)N=Nc1ccc(F)cc1Cl. The highest BCUT2D eigenvalue weighted by molar-refractivity contribution is 6.32. The van der Waals surface area contributed by atoms with Gasteiger partial charge in [0, 0.05) is 0 Å². The summed E-state index contributed by atoms with van der Waals surface area (Å²) in [4.78, 5) is 11.2. The molecule has 0 atom stereocenters. The topological polar surface area (TPSA) is 71.2 Å². The second-order valence-electron chi connectivity index (χ2n) is 3.03. The van der Waals surface area contributed by atoms with Gasteiger partial charge in [-0.2, -0.15) is 0 Å². The number of ether oxygens (including phenoxy) is 1. The van der Waals surface area contributed by atoms with E-state index in [0.717, 1.165) is 12.1 Å². The third-order valence-electron chi connectivity index (χ3n) is 1.78. The van der Waals surface area contributed by atoms with Crippen molar-refractivity contribution in [3.8, 4) is 0 Å². The molecule has 0 aliphatic rings. The van der Waals surface area contributed by atoms with E-state index in [9.17, 15) is 9.18 Å². The molecule has 0 amide bonds. The molecule has 0 fully saturated rings. The Hall–Kier alpha value is -1.95. The summed E-state index contributed by atoms with van der Waals surface area (Å²) in [5.41, 5.74) is -0.209. The minimum atomic E-state index is -0.818. The second-order valence-corrected chi connectivity index (χ2v) is 3.44. The minimum Gasteiger partial charge on any atom is -0.513 e. The lowest BCUT2D eigenvalue weighted by Gasteiger charge is -2.00. The number of aliphatic hydroxyl groups excluding tert-OH is 1. The zero-order valence-electron chi connectivity index (χ0n) is 9.43. The Morgan fingerprint density at radius 2 is 2.33 bits per heavy atom. The maximum Gasteiger partial charge on any atom is 0.362 e. The molecule has 0 aromatic heterocycles. The smallest absolute Gasteiger partial charge is 0.362 e. The molecule has 1 aromatic carbocycles. The largest absolute Gasteiger partial charge is 0.513 e. The lowest BCUT2D eigenvalue weighted by Crippen LogP contribution is -2.05. The van der Waals surface area contributed by atoms with Gasteiger partial charge in [-0.3, -0.25) is 0 Å². The van der Waals surface area contributed by atoms with E-state index in [2.05, 4.69) is 15.0 Å². The van der Waals surface area contributed by atoms with Crippen LogP contribution in [0.15, 0.2) is 40.4 Å². The fraction of sp³-hybridized carbons (Fsp3) is 0.182. The molecule has 96 valence electrons. The Kier molecular flexibility index (Phi) is 5.26. The Balaban J connectivity index is 2.88. The van der Waals surface area contributed by atoms with Gasteiger partial charge in [-0.25, -0.2) is 9.18 Å². The number of carbonyl (C=O) groups excluding carboxylic acids is 1. The predicted molar refractivity (Wildman–Crippen MR) is 63.3 cm³/mol. The number of halogens is 2. The van der Waals surface area contributed by atoms with Crippen LogP contribution in [0.5, 0.6) is 0 Å². The van der Waals surface area contributed by atoms with Gasteiger partial charge < -0.3 is 9.84 Å². The molecule has 0 spiro atoms. The van der Waals surface area contributed by atoms with Crippen LogP contribution in [0, 0.1) is 5.82 Å². The average Bonchev–Trinajstić information content (AvgIpc) is 2.32. The number of hydrogen-bond acceptors (Lipinski definition) is 5. The Morgan fingerprint density at radius 1 is 1.61 bits per heavy atom. The molecule has 5 nitrogen and oxygen atoms in total. The lowest BCUT2D eigenvalue weighted by molar-refractivity contribution is -0.138. The summed E-state index contributed by atoms with van der Waals surface area (Å²) in [6.45, 7) is 1.75. The molecule has 0 aliphatic carbocycles. The fourth-order valence-corrected chi connectivity index (χ4v) is 1.20. The van der Waals surface area contributed by atoms with E-state index >= 15 is 0 Å². The average molecular weight is 273 g/mol. The number of esters is 1. The van der Waals surface area contributed by atoms with Gasteiger partial charge in [0.2, 0.25) is 5.70 Å². The van der Waals surface area contributed by atoms with Crippen LogP contribution in [0.4, 0.5) is 10.1 Å². The zero-order chi connectivity index (χ0) is 13.5. The van der Waals surface area contributed by atoms with Crippen LogP contribution >= 0.6 is 11.6 Å². The molecule has 0 aliphatic heterocycles. The Bertz CT molecular complexity index is 503. The van der Waals surface area contributed by atoms with Gasteiger partial charge in [-0.1, -0.05) is 11.6 Å². The number of carbonyl (C=O) groups is 1. The van der Waals surface area contributed by atoms with Gasteiger partial charge in [0.05, 0.1) is 11.6 Å². The number of rotatable bonds is 4. The molecule has 1 aromatic rings. The molecule has 7 heteroatoms. The van der Waals surface area contributed by atoms with Gasteiger partial charge in [0.1, 0.15) is 17.8 Å². The number of nitrogens with zero attached hydrogens (tertiary/aromatic N) is 2. The summed E-state index contributed by atoms with van der Waals surface area (Å²) >= 11 is 5.71. The first-order chi connectivity index (χ1) is 8.58. The van der Waals surface area contributed by atoms with E-state index in [1.165, 1.54) is 6.07 Å². The molecule has 0 saturated carbocycles. The van der Waals surface area contributed by atoms with Crippen LogP contribution in [-0.4, -0.2) is 17.7 Å². The predicted octanol–water partition coefficient (Wildman–Crippen LogP) is 3.53. The summed E-state index contributed by atoms with van der Waals surface area (Å²) in [6, 6.07) is 3.50. The third-order valence-corrected chi connectivity index (χ3v) is 2.08. The normalized spacial score (nSPS) is 11.8. The zero-order valence-corrected chi connectivity index (χ0v) is 10.2. The summed E-state index contributed by atoms with van der Waals surface area (Å²) in [6.07, 6.45) is 0.471. The van der Waals surface area contributed by atoms with Crippen molar-refractivity contribution in [2.45, 2.75) is 6.92 Å². The van der Waals surface area contributed by atoms with Crippen molar-refractivity contribution in [1.82, 2.24) is 0 Å². The number of aliphatic hydroxyl groups is 1. The van der Waals surface area contributed by atoms with Crippen LogP contribution in [0.3, 0.4) is 0 Å². The summed E-state index contributed by atoms with van der Waals surface area (Å²) in [5.74, 6) is -1.33. The highest BCUT2D eigenvalue weighted by Crippen LogP contribution is 2.26. The maximum atomic E-state index is 12.8. The molecule has 0 bridgehead atoms. The van der Waals surface area contributed by atoms with Gasteiger partial charge in [-0.15, -0.1) is 10.2 Å². The van der Waals surface area contributed by atoms with Crippen LogP contribution in [0.1, 0.15) is 6.92 Å². The van der Waals surface area contributed by atoms with E-state index in [4.69, 9.17) is 16.7 Å². The summed E-state index contributed by atoms with van der Waals surface area (Å²) < 4.78 is 17.4. The van der Waals surface area contributed by atoms with Crippen LogP contribution < -0.4 is 0 Å². The van der Waals surface area contributed by atoms with E-state index in [0.29, 0.717) is 6.26 Å². The number of azo groups is 1. The first-order valence-electron chi connectivity index (χ1n) is 4.96. The van der Waals surface area contributed by atoms with Gasteiger partial charge >= 0.3 is 5.97 Å². The third kappa shape index (κ3) is 3.81. The highest BCUT2D eigenvalue weighted by Gasteiger charge is 2.10. The van der Waals surface area contributed by atoms with E-state index in [1.807, 2.05) is 0 Å². The molecule has 1 N–H and O–H groups in total. The molecule has 18 heavy (non-hydrogen) atoms. The van der Waals surface area contributed by atoms with Crippen LogP contribution in [0.2, 0.25) is 5.02 Å². The van der Waals surface area contributed by atoms with Crippen molar-refractivity contribution in [1.29, 1.82) is 0 Å². The number of benzene rings is 1. The van der Waals surface area contributed by atoms with Crippen molar-refractivity contribution >= 4 is 23.3 Å². The molecule has 0 radical (unpaired) electrons. The number of hydrogen-bond donors (Lipinski definition) is 1. The van der Waals surface area contributed by atoms with Crippen LogP contribution in [0.25, 0.3) is 0 Å². The van der Waals surface area contributed by atoms with Crippen LogP contribution in [-0.2, 0) is 9.53 Å². The Labute approximate surface area is 108 Å². The quantitative estimate of drug-likeness (QED) is 0.394. The monoisotopic (exact) mass is 272 g/mol. The maximum absolute atomic E-state index is 12.8. The summed E-state index contributed by atoms with van der Waals surface area (Å²) in [7, 11) is 0. The van der Waals surface area contributed by atoms with Crippen molar-refractivity contribution in [2.75, 3.05) is 6.61 Å². The second kappa shape index (κ2) is 6.70.